The normalized spacial score (nSPS) is 22.8. The summed E-state index contributed by atoms with van der Waals surface area (Å²) in [6.45, 7) is 6.69. The Kier molecular flexibility index (Phi) is 4.27. The molecule has 0 aromatic heterocycles. The molecule has 2 aliphatic rings. The van der Waals surface area contributed by atoms with Crippen LogP contribution in [0.15, 0.2) is 30.3 Å². The average Bonchev–Trinajstić information content (AvgIpc) is 3.23. The zero-order chi connectivity index (χ0) is 15.6. The Bertz CT molecular complexity index is 507. The zero-order valence-electron chi connectivity index (χ0n) is 13.5. The molecule has 1 unspecified atom stereocenters. The Morgan fingerprint density at radius 3 is 2.55 bits per heavy atom. The summed E-state index contributed by atoms with van der Waals surface area (Å²) in [7, 11) is 0. The Morgan fingerprint density at radius 2 is 1.95 bits per heavy atom. The summed E-state index contributed by atoms with van der Waals surface area (Å²) >= 11 is 0. The van der Waals surface area contributed by atoms with Crippen molar-refractivity contribution in [1.29, 1.82) is 0 Å². The number of urea groups is 1. The number of carbonyl (C=O) groups is 1. The van der Waals surface area contributed by atoms with Gasteiger partial charge >= 0.3 is 6.03 Å². The van der Waals surface area contributed by atoms with Crippen LogP contribution in [0.2, 0.25) is 0 Å². The van der Waals surface area contributed by atoms with Gasteiger partial charge in [-0.2, -0.15) is 0 Å². The first kappa shape index (κ1) is 15.2. The number of ether oxygens (including phenoxy) is 1. The first-order valence-corrected chi connectivity index (χ1v) is 8.41. The second-order valence-electron chi connectivity index (χ2n) is 6.61. The molecule has 22 heavy (non-hydrogen) atoms. The summed E-state index contributed by atoms with van der Waals surface area (Å²) in [5.41, 5.74) is 0.501. The van der Waals surface area contributed by atoms with E-state index in [4.69, 9.17) is 4.74 Å². The predicted molar refractivity (Wildman–Crippen MR) is 87.0 cm³/mol. The van der Waals surface area contributed by atoms with Gasteiger partial charge in [0.2, 0.25) is 0 Å². The molecule has 0 radical (unpaired) electrons. The van der Waals surface area contributed by atoms with Crippen LogP contribution in [0.4, 0.5) is 4.79 Å². The molecule has 1 atom stereocenters. The van der Waals surface area contributed by atoms with E-state index in [1.165, 1.54) is 19.3 Å². The lowest BCUT2D eigenvalue weighted by molar-refractivity contribution is 0.0443. The van der Waals surface area contributed by atoms with Crippen molar-refractivity contribution < 1.29 is 9.53 Å². The van der Waals surface area contributed by atoms with E-state index in [0.717, 1.165) is 12.3 Å². The molecular weight excluding hydrogens is 276 g/mol. The van der Waals surface area contributed by atoms with Gasteiger partial charge in [-0.15, -0.1) is 0 Å². The van der Waals surface area contributed by atoms with Crippen molar-refractivity contribution in [2.45, 2.75) is 39.2 Å². The van der Waals surface area contributed by atoms with Crippen molar-refractivity contribution in [3.05, 3.63) is 30.3 Å². The number of likely N-dealkylation sites (tertiary alicyclic amines) is 1. The smallest absolute Gasteiger partial charge is 0.317 e. The van der Waals surface area contributed by atoms with Crippen molar-refractivity contribution in [3.8, 4) is 5.75 Å². The highest BCUT2D eigenvalue weighted by Gasteiger charge is 2.50. The molecule has 1 saturated heterocycles. The molecule has 1 aromatic carbocycles. The SMILES string of the molecule is CCC1(CC)CC1CNC(=O)N1CC(Oc2ccccc2)C1. The molecule has 4 heteroatoms. The third-order valence-corrected chi connectivity index (χ3v) is 5.45. The lowest BCUT2D eigenvalue weighted by Gasteiger charge is -2.38. The molecule has 4 nitrogen and oxygen atoms in total. The van der Waals surface area contributed by atoms with Gasteiger partial charge in [0.05, 0.1) is 13.1 Å². The molecule has 1 aromatic rings. The van der Waals surface area contributed by atoms with Gasteiger partial charge in [0.25, 0.3) is 0 Å². The average molecular weight is 302 g/mol. The fourth-order valence-electron chi connectivity index (χ4n) is 3.53. The monoisotopic (exact) mass is 302 g/mol. The number of carbonyl (C=O) groups excluding carboxylic acids is 1. The maximum atomic E-state index is 12.1. The van der Waals surface area contributed by atoms with E-state index >= 15 is 0 Å². The van der Waals surface area contributed by atoms with Gasteiger partial charge in [0, 0.05) is 6.54 Å². The minimum Gasteiger partial charge on any atom is -0.487 e. The number of rotatable bonds is 6. The van der Waals surface area contributed by atoms with Crippen molar-refractivity contribution in [3.63, 3.8) is 0 Å². The highest BCUT2D eigenvalue weighted by Crippen LogP contribution is 2.57. The van der Waals surface area contributed by atoms with Crippen molar-refractivity contribution in [2.24, 2.45) is 11.3 Å². The zero-order valence-corrected chi connectivity index (χ0v) is 13.5. The van der Waals surface area contributed by atoms with Crippen LogP contribution in [0.3, 0.4) is 0 Å². The van der Waals surface area contributed by atoms with E-state index in [1.54, 1.807) is 0 Å². The molecule has 1 N–H and O–H groups in total. The quantitative estimate of drug-likeness (QED) is 0.876. The molecule has 1 aliphatic carbocycles. The Morgan fingerprint density at radius 1 is 1.27 bits per heavy atom. The third-order valence-electron chi connectivity index (χ3n) is 5.45. The van der Waals surface area contributed by atoms with Gasteiger partial charge < -0.3 is 15.0 Å². The van der Waals surface area contributed by atoms with Crippen LogP contribution in [-0.2, 0) is 0 Å². The van der Waals surface area contributed by atoms with Crippen LogP contribution >= 0.6 is 0 Å². The highest BCUT2D eigenvalue weighted by molar-refractivity contribution is 5.75. The maximum absolute atomic E-state index is 12.1. The van der Waals surface area contributed by atoms with Crippen LogP contribution < -0.4 is 10.1 Å². The van der Waals surface area contributed by atoms with E-state index in [1.807, 2.05) is 35.2 Å². The van der Waals surface area contributed by atoms with E-state index in [9.17, 15) is 4.79 Å². The molecule has 0 spiro atoms. The summed E-state index contributed by atoms with van der Waals surface area (Å²) in [6, 6.07) is 9.85. The first-order valence-electron chi connectivity index (χ1n) is 8.41. The molecule has 2 fully saturated rings. The van der Waals surface area contributed by atoms with E-state index < -0.39 is 0 Å². The third kappa shape index (κ3) is 3.06. The molecule has 1 saturated carbocycles. The Labute approximate surface area is 132 Å². The molecule has 1 heterocycles. The highest BCUT2D eigenvalue weighted by atomic mass is 16.5. The predicted octanol–water partition coefficient (Wildman–Crippen LogP) is 3.29. The first-order chi connectivity index (χ1) is 10.7. The summed E-state index contributed by atoms with van der Waals surface area (Å²) in [5, 5.41) is 3.09. The van der Waals surface area contributed by atoms with Crippen molar-refractivity contribution in [1.82, 2.24) is 10.2 Å². The number of hydrogen-bond acceptors (Lipinski definition) is 2. The minimum absolute atomic E-state index is 0.0564. The summed E-state index contributed by atoms with van der Waals surface area (Å²) < 4.78 is 5.81. The van der Waals surface area contributed by atoms with Crippen molar-refractivity contribution >= 4 is 6.03 Å². The van der Waals surface area contributed by atoms with Crippen molar-refractivity contribution in [2.75, 3.05) is 19.6 Å². The fourth-order valence-corrected chi connectivity index (χ4v) is 3.53. The summed E-state index contributed by atoms with van der Waals surface area (Å²) in [6.07, 6.45) is 3.83. The van der Waals surface area contributed by atoms with Crippen LogP contribution in [-0.4, -0.2) is 36.7 Å². The van der Waals surface area contributed by atoms with Gasteiger partial charge in [-0.3, -0.25) is 0 Å². The van der Waals surface area contributed by atoms with E-state index in [2.05, 4.69) is 19.2 Å². The lowest BCUT2D eigenvalue weighted by Crippen LogP contribution is -2.59. The number of hydrogen-bond donors (Lipinski definition) is 1. The van der Waals surface area contributed by atoms with Crippen LogP contribution in [0.5, 0.6) is 5.75 Å². The second kappa shape index (κ2) is 6.19. The van der Waals surface area contributed by atoms with Crippen LogP contribution in [0.1, 0.15) is 33.1 Å². The molecule has 3 rings (SSSR count). The van der Waals surface area contributed by atoms with Crippen LogP contribution in [0, 0.1) is 11.3 Å². The number of nitrogens with zero attached hydrogens (tertiary/aromatic N) is 1. The molecule has 1 aliphatic heterocycles. The number of nitrogens with one attached hydrogen (secondary N) is 1. The molecule has 2 amide bonds. The van der Waals surface area contributed by atoms with Crippen LogP contribution in [0.25, 0.3) is 0 Å². The van der Waals surface area contributed by atoms with Gasteiger partial charge in [-0.25, -0.2) is 4.79 Å². The summed E-state index contributed by atoms with van der Waals surface area (Å²) in [4.78, 5) is 13.9. The Balaban J connectivity index is 1.36. The van der Waals surface area contributed by atoms with Gasteiger partial charge in [-0.05, 0) is 29.9 Å². The van der Waals surface area contributed by atoms with Gasteiger partial charge in [-0.1, -0.05) is 44.9 Å². The number of benzene rings is 1. The lowest BCUT2D eigenvalue weighted by atomic mass is 9.97. The fraction of sp³-hybridized carbons (Fsp3) is 0.611. The van der Waals surface area contributed by atoms with E-state index in [-0.39, 0.29) is 12.1 Å². The summed E-state index contributed by atoms with van der Waals surface area (Å²) in [5.74, 6) is 1.55. The van der Waals surface area contributed by atoms with Gasteiger partial charge in [0.1, 0.15) is 11.9 Å². The maximum Gasteiger partial charge on any atom is 0.317 e. The minimum atomic E-state index is 0.0564. The Hall–Kier alpha value is -1.71. The standard InChI is InChI=1S/C18H26N2O2/c1-3-18(4-2)10-14(18)11-19-17(21)20-12-16(13-20)22-15-8-6-5-7-9-15/h5-9,14,16H,3-4,10-13H2,1-2H3,(H,19,21). The van der Waals surface area contributed by atoms with Gasteiger partial charge in [0.15, 0.2) is 0 Å². The molecule has 120 valence electrons. The second-order valence-corrected chi connectivity index (χ2v) is 6.61. The molecular formula is C18H26N2O2. The topological polar surface area (TPSA) is 41.6 Å². The number of para-hydroxylation sites is 1. The molecule has 0 bridgehead atoms. The number of amides is 2. The largest absolute Gasteiger partial charge is 0.487 e. The van der Waals surface area contributed by atoms with E-state index in [0.29, 0.717) is 24.4 Å².